The van der Waals surface area contributed by atoms with E-state index >= 15 is 0 Å². The van der Waals surface area contributed by atoms with Gasteiger partial charge in [0.1, 0.15) is 6.04 Å². The fraction of sp³-hybridized carbons (Fsp3) is 0.538. The first-order valence-electron chi connectivity index (χ1n) is 6.14. The van der Waals surface area contributed by atoms with Crippen LogP contribution in [0.5, 0.6) is 0 Å². The van der Waals surface area contributed by atoms with Gasteiger partial charge in [0.25, 0.3) is 0 Å². The maximum absolute atomic E-state index is 12.0. The van der Waals surface area contributed by atoms with Crippen molar-refractivity contribution in [2.24, 2.45) is 5.92 Å². The van der Waals surface area contributed by atoms with Crippen LogP contribution >= 0.6 is 11.3 Å². The highest BCUT2D eigenvalue weighted by Gasteiger charge is 2.31. The lowest BCUT2D eigenvalue weighted by Gasteiger charge is -2.17. The second-order valence-electron chi connectivity index (χ2n) is 4.82. The Bertz CT molecular complexity index is 425. The Hall–Kier alpha value is -1.36. The van der Waals surface area contributed by atoms with E-state index in [2.05, 4.69) is 5.32 Å². The van der Waals surface area contributed by atoms with E-state index in [0.29, 0.717) is 12.3 Å². The van der Waals surface area contributed by atoms with Crippen LogP contribution < -0.4 is 5.32 Å². The normalized spacial score (nSPS) is 18.1. The average molecular weight is 267 g/mol. The van der Waals surface area contributed by atoms with Gasteiger partial charge in [-0.2, -0.15) is 0 Å². The summed E-state index contributed by atoms with van der Waals surface area (Å²) in [6.45, 7) is 1.80. The first kappa shape index (κ1) is 13.1. The number of hydrogen-bond acceptors (Lipinski definition) is 3. The van der Waals surface area contributed by atoms with Crippen molar-refractivity contribution in [3.05, 3.63) is 22.4 Å². The van der Waals surface area contributed by atoms with Crippen LogP contribution in [0.1, 0.15) is 37.0 Å². The van der Waals surface area contributed by atoms with Gasteiger partial charge >= 0.3 is 5.97 Å². The zero-order chi connectivity index (χ0) is 13.1. The highest BCUT2D eigenvalue weighted by atomic mass is 32.1. The third kappa shape index (κ3) is 3.32. The summed E-state index contributed by atoms with van der Waals surface area (Å²) in [5, 5.41) is 13.7. The lowest BCUT2D eigenvalue weighted by atomic mass is 10.1. The Morgan fingerprint density at radius 3 is 2.78 bits per heavy atom. The van der Waals surface area contributed by atoms with Crippen molar-refractivity contribution in [2.45, 2.75) is 38.1 Å². The Labute approximate surface area is 110 Å². The molecule has 0 aliphatic heterocycles. The molecule has 0 radical (unpaired) electrons. The van der Waals surface area contributed by atoms with E-state index in [1.165, 1.54) is 11.3 Å². The van der Waals surface area contributed by atoms with Gasteiger partial charge in [-0.25, -0.2) is 4.79 Å². The number of hydrogen-bond donors (Lipinski definition) is 2. The highest BCUT2D eigenvalue weighted by molar-refractivity contribution is 7.10. The van der Waals surface area contributed by atoms with Crippen molar-refractivity contribution in [3.8, 4) is 0 Å². The monoisotopic (exact) mass is 267 g/mol. The van der Waals surface area contributed by atoms with Crippen LogP contribution in [0.25, 0.3) is 0 Å². The van der Waals surface area contributed by atoms with Crippen molar-refractivity contribution in [1.82, 2.24) is 5.32 Å². The molecule has 0 aromatic carbocycles. The molecule has 1 saturated carbocycles. The molecular weight excluding hydrogens is 250 g/mol. The first-order valence-corrected chi connectivity index (χ1v) is 7.02. The Balaban J connectivity index is 1.93. The summed E-state index contributed by atoms with van der Waals surface area (Å²) in [5.74, 6) is -0.950. The SMILES string of the molecule is CC(C(=O)NC(CC1CC1)C(=O)O)c1cccs1. The summed E-state index contributed by atoms with van der Waals surface area (Å²) in [7, 11) is 0. The molecule has 1 amide bonds. The molecule has 1 aliphatic carbocycles. The molecule has 1 aromatic rings. The number of nitrogens with one attached hydrogen (secondary N) is 1. The van der Waals surface area contributed by atoms with Crippen molar-refractivity contribution in [1.29, 1.82) is 0 Å². The summed E-state index contributed by atoms with van der Waals surface area (Å²) >= 11 is 1.51. The summed E-state index contributed by atoms with van der Waals surface area (Å²) in [6, 6.07) is 3.04. The van der Waals surface area contributed by atoms with Gasteiger partial charge in [-0.15, -0.1) is 11.3 Å². The smallest absolute Gasteiger partial charge is 0.326 e. The van der Waals surface area contributed by atoms with E-state index in [1.54, 1.807) is 6.92 Å². The van der Waals surface area contributed by atoms with Crippen molar-refractivity contribution in [2.75, 3.05) is 0 Å². The van der Waals surface area contributed by atoms with E-state index in [0.717, 1.165) is 17.7 Å². The molecular formula is C13H17NO3S. The minimum Gasteiger partial charge on any atom is -0.480 e. The van der Waals surface area contributed by atoms with E-state index in [1.807, 2.05) is 17.5 Å². The van der Waals surface area contributed by atoms with Gasteiger partial charge in [0.15, 0.2) is 0 Å². The number of rotatable bonds is 6. The summed E-state index contributed by atoms with van der Waals surface area (Å²) < 4.78 is 0. The zero-order valence-electron chi connectivity index (χ0n) is 10.3. The van der Waals surface area contributed by atoms with Gasteiger partial charge < -0.3 is 10.4 Å². The van der Waals surface area contributed by atoms with Crippen LogP contribution in [0.4, 0.5) is 0 Å². The Morgan fingerprint density at radius 2 is 2.28 bits per heavy atom. The Kier molecular flexibility index (Phi) is 4.01. The van der Waals surface area contributed by atoms with Crippen molar-refractivity contribution >= 4 is 23.2 Å². The standard InChI is InChI=1S/C13H17NO3S/c1-8(11-3-2-6-18-11)12(15)14-10(13(16)17)7-9-4-5-9/h2-3,6,8-10H,4-5,7H2,1H3,(H,14,15)(H,16,17). The molecule has 1 aromatic heterocycles. The number of aliphatic carboxylic acids is 1. The van der Waals surface area contributed by atoms with Crippen molar-refractivity contribution < 1.29 is 14.7 Å². The van der Waals surface area contributed by atoms with Gasteiger partial charge in [-0.05, 0) is 30.7 Å². The molecule has 18 heavy (non-hydrogen) atoms. The molecule has 2 unspecified atom stereocenters. The number of carboxylic acids is 1. The molecule has 1 fully saturated rings. The largest absolute Gasteiger partial charge is 0.480 e. The average Bonchev–Trinajstić information content (AvgIpc) is 2.98. The summed E-state index contributed by atoms with van der Waals surface area (Å²) in [5.41, 5.74) is 0. The van der Waals surface area contributed by atoms with Crippen LogP contribution in [0.15, 0.2) is 17.5 Å². The molecule has 2 N–H and O–H groups in total. The maximum atomic E-state index is 12.0. The number of carbonyl (C=O) groups is 2. The summed E-state index contributed by atoms with van der Waals surface area (Å²) in [6.07, 6.45) is 2.72. The highest BCUT2D eigenvalue weighted by Crippen LogP contribution is 2.33. The number of carboxylic acid groups (broad SMARTS) is 1. The van der Waals surface area contributed by atoms with Gasteiger partial charge in [0.2, 0.25) is 5.91 Å². The third-order valence-electron chi connectivity index (χ3n) is 3.24. The van der Waals surface area contributed by atoms with Gasteiger partial charge in [0, 0.05) is 4.88 Å². The van der Waals surface area contributed by atoms with Crippen LogP contribution in [-0.4, -0.2) is 23.0 Å². The van der Waals surface area contributed by atoms with Crippen LogP contribution in [0.3, 0.4) is 0 Å². The van der Waals surface area contributed by atoms with E-state index in [-0.39, 0.29) is 11.8 Å². The van der Waals surface area contributed by atoms with Gasteiger partial charge in [-0.1, -0.05) is 18.9 Å². The molecule has 2 atom stereocenters. The van der Waals surface area contributed by atoms with E-state index < -0.39 is 12.0 Å². The second-order valence-corrected chi connectivity index (χ2v) is 5.79. The minimum absolute atomic E-state index is 0.203. The number of thiophene rings is 1. The van der Waals surface area contributed by atoms with Crippen LogP contribution in [-0.2, 0) is 9.59 Å². The molecule has 1 heterocycles. The van der Waals surface area contributed by atoms with Gasteiger partial charge in [0.05, 0.1) is 5.92 Å². The maximum Gasteiger partial charge on any atom is 0.326 e. The molecule has 98 valence electrons. The lowest BCUT2D eigenvalue weighted by Crippen LogP contribution is -2.42. The topological polar surface area (TPSA) is 66.4 Å². The molecule has 0 spiro atoms. The molecule has 1 aliphatic rings. The molecule has 4 nitrogen and oxygen atoms in total. The predicted molar refractivity (Wildman–Crippen MR) is 69.6 cm³/mol. The number of amides is 1. The molecule has 0 bridgehead atoms. The third-order valence-corrected chi connectivity index (χ3v) is 4.30. The molecule has 2 rings (SSSR count). The second kappa shape index (κ2) is 5.52. The first-order chi connectivity index (χ1) is 8.58. The van der Waals surface area contributed by atoms with Crippen LogP contribution in [0, 0.1) is 5.92 Å². The molecule has 0 saturated heterocycles. The summed E-state index contributed by atoms with van der Waals surface area (Å²) in [4.78, 5) is 24.0. The zero-order valence-corrected chi connectivity index (χ0v) is 11.1. The molecule has 5 heteroatoms. The van der Waals surface area contributed by atoms with E-state index in [9.17, 15) is 9.59 Å². The number of carbonyl (C=O) groups excluding carboxylic acids is 1. The van der Waals surface area contributed by atoms with Crippen LogP contribution in [0.2, 0.25) is 0 Å². The predicted octanol–water partition coefficient (Wildman–Crippen LogP) is 2.22. The van der Waals surface area contributed by atoms with Gasteiger partial charge in [-0.3, -0.25) is 4.79 Å². The lowest BCUT2D eigenvalue weighted by molar-refractivity contribution is -0.142. The fourth-order valence-electron chi connectivity index (χ4n) is 1.87. The fourth-order valence-corrected chi connectivity index (χ4v) is 2.65. The van der Waals surface area contributed by atoms with Crippen molar-refractivity contribution in [3.63, 3.8) is 0 Å². The van der Waals surface area contributed by atoms with E-state index in [4.69, 9.17) is 5.11 Å². The minimum atomic E-state index is -0.936. The quantitative estimate of drug-likeness (QED) is 0.830. The Morgan fingerprint density at radius 1 is 1.56 bits per heavy atom.